The number of hydrogen-bond donors (Lipinski definition) is 2. The van der Waals surface area contributed by atoms with E-state index in [0.29, 0.717) is 13.2 Å². The molecule has 2 heterocycles. The normalized spacial score (nSPS) is 21.9. The third kappa shape index (κ3) is 2.31. The molecule has 1 aromatic heterocycles. The molecule has 1 aliphatic rings. The van der Waals surface area contributed by atoms with Gasteiger partial charge in [0.2, 0.25) is 0 Å². The Kier molecular flexibility index (Phi) is 3.13. The van der Waals surface area contributed by atoms with Crippen LogP contribution >= 0.6 is 11.3 Å². The van der Waals surface area contributed by atoms with Crippen LogP contribution in [-0.4, -0.2) is 31.7 Å². The van der Waals surface area contributed by atoms with Gasteiger partial charge in [-0.05, 0) is 11.4 Å². The van der Waals surface area contributed by atoms with E-state index in [1.807, 2.05) is 16.8 Å². The van der Waals surface area contributed by atoms with Crippen molar-refractivity contribution in [3.63, 3.8) is 0 Å². The Balaban J connectivity index is 1.88. The van der Waals surface area contributed by atoms with Crippen LogP contribution in [-0.2, 0) is 9.53 Å². The van der Waals surface area contributed by atoms with Gasteiger partial charge in [-0.15, -0.1) is 0 Å². The maximum absolute atomic E-state index is 11.6. The summed E-state index contributed by atoms with van der Waals surface area (Å²) in [6.45, 7) is 2.01. The second-order valence-electron chi connectivity index (χ2n) is 3.06. The van der Waals surface area contributed by atoms with Gasteiger partial charge >= 0.3 is 0 Å². The predicted molar refractivity (Wildman–Crippen MR) is 55.6 cm³/mol. The highest BCUT2D eigenvalue weighted by Crippen LogP contribution is 2.12. The molecule has 14 heavy (non-hydrogen) atoms. The number of hydrogen-bond acceptors (Lipinski definition) is 4. The predicted octanol–water partition coefficient (Wildman–Crippen LogP) is 0.675. The molecule has 2 rings (SSSR count). The highest BCUT2D eigenvalue weighted by atomic mass is 32.1. The molecular weight excluding hydrogens is 200 g/mol. The number of anilines is 1. The van der Waals surface area contributed by atoms with E-state index in [-0.39, 0.29) is 12.0 Å². The number of amides is 1. The van der Waals surface area contributed by atoms with Crippen molar-refractivity contribution in [3.05, 3.63) is 16.8 Å². The van der Waals surface area contributed by atoms with Gasteiger partial charge in [0, 0.05) is 18.5 Å². The maximum atomic E-state index is 11.6. The summed E-state index contributed by atoms with van der Waals surface area (Å²) in [4.78, 5) is 11.6. The molecule has 0 saturated carbocycles. The second kappa shape index (κ2) is 4.54. The molecule has 1 saturated heterocycles. The molecule has 0 aliphatic carbocycles. The molecule has 1 fully saturated rings. The fourth-order valence-electron chi connectivity index (χ4n) is 1.29. The average Bonchev–Trinajstić information content (AvgIpc) is 2.72. The minimum absolute atomic E-state index is 0.0735. The van der Waals surface area contributed by atoms with Gasteiger partial charge in [-0.2, -0.15) is 11.3 Å². The largest absolute Gasteiger partial charge is 0.366 e. The summed E-state index contributed by atoms with van der Waals surface area (Å²) in [5.41, 5.74) is 0.842. The summed E-state index contributed by atoms with van der Waals surface area (Å²) in [5, 5.41) is 9.73. The molecule has 4 nitrogen and oxygen atoms in total. The van der Waals surface area contributed by atoms with Crippen molar-refractivity contribution >= 4 is 22.9 Å². The van der Waals surface area contributed by atoms with Crippen molar-refractivity contribution in [1.29, 1.82) is 0 Å². The van der Waals surface area contributed by atoms with Crippen LogP contribution in [0.25, 0.3) is 0 Å². The van der Waals surface area contributed by atoms with Crippen LogP contribution in [0.3, 0.4) is 0 Å². The van der Waals surface area contributed by atoms with E-state index in [1.165, 1.54) is 0 Å². The van der Waals surface area contributed by atoms with Gasteiger partial charge in [0.15, 0.2) is 0 Å². The summed E-state index contributed by atoms with van der Waals surface area (Å²) >= 11 is 1.56. The van der Waals surface area contributed by atoms with Crippen LogP contribution in [0.4, 0.5) is 5.69 Å². The van der Waals surface area contributed by atoms with Gasteiger partial charge in [-0.3, -0.25) is 4.79 Å². The zero-order chi connectivity index (χ0) is 9.80. The van der Waals surface area contributed by atoms with Crippen molar-refractivity contribution in [3.8, 4) is 0 Å². The third-order valence-electron chi connectivity index (χ3n) is 2.01. The lowest BCUT2D eigenvalue weighted by atomic mass is 10.3. The van der Waals surface area contributed by atoms with Crippen LogP contribution in [0.1, 0.15) is 0 Å². The van der Waals surface area contributed by atoms with Crippen LogP contribution in [0.5, 0.6) is 0 Å². The van der Waals surface area contributed by atoms with Crippen molar-refractivity contribution in [2.24, 2.45) is 0 Å². The first-order valence-electron chi connectivity index (χ1n) is 4.51. The Hall–Kier alpha value is -0.910. The number of rotatable bonds is 2. The molecule has 0 bridgehead atoms. The Morgan fingerprint density at radius 2 is 2.64 bits per heavy atom. The molecule has 0 spiro atoms. The number of thiophene rings is 1. The molecule has 1 amide bonds. The van der Waals surface area contributed by atoms with E-state index >= 15 is 0 Å². The molecule has 76 valence electrons. The topological polar surface area (TPSA) is 50.4 Å². The molecule has 0 unspecified atom stereocenters. The van der Waals surface area contributed by atoms with Crippen molar-refractivity contribution < 1.29 is 9.53 Å². The third-order valence-corrected chi connectivity index (χ3v) is 2.69. The van der Waals surface area contributed by atoms with E-state index in [0.717, 1.165) is 12.2 Å². The molecule has 0 radical (unpaired) electrons. The van der Waals surface area contributed by atoms with Gasteiger partial charge in [0.05, 0.1) is 12.3 Å². The average molecular weight is 212 g/mol. The molecule has 2 N–H and O–H groups in total. The minimum Gasteiger partial charge on any atom is -0.366 e. The first-order valence-corrected chi connectivity index (χ1v) is 5.46. The van der Waals surface area contributed by atoms with Gasteiger partial charge in [-0.25, -0.2) is 0 Å². The summed E-state index contributed by atoms with van der Waals surface area (Å²) < 4.78 is 5.32. The van der Waals surface area contributed by atoms with Gasteiger partial charge in [0.25, 0.3) is 5.91 Å². The summed E-state index contributed by atoms with van der Waals surface area (Å²) in [6, 6.07) is 1.87. The highest BCUT2D eigenvalue weighted by Gasteiger charge is 2.21. The number of ether oxygens (including phenoxy) is 1. The fraction of sp³-hybridized carbons (Fsp3) is 0.444. The zero-order valence-corrected chi connectivity index (χ0v) is 8.47. The van der Waals surface area contributed by atoms with E-state index in [4.69, 9.17) is 4.74 Å². The lowest BCUT2D eigenvalue weighted by Gasteiger charge is -2.22. The number of carbonyl (C=O) groups excluding carboxylic acids is 1. The molecule has 0 aromatic carbocycles. The number of morpholine rings is 1. The van der Waals surface area contributed by atoms with E-state index in [9.17, 15) is 4.79 Å². The Labute approximate surface area is 86.3 Å². The number of carbonyl (C=O) groups is 1. The fourth-order valence-corrected chi connectivity index (χ4v) is 1.88. The Morgan fingerprint density at radius 3 is 3.29 bits per heavy atom. The Morgan fingerprint density at radius 1 is 1.71 bits per heavy atom. The van der Waals surface area contributed by atoms with Crippen LogP contribution in [0.2, 0.25) is 0 Å². The molecular formula is C9H12N2O2S. The van der Waals surface area contributed by atoms with E-state index < -0.39 is 0 Å². The van der Waals surface area contributed by atoms with Crippen molar-refractivity contribution in [1.82, 2.24) is 5.32 Å². The number of nitrogens with one attached hydrogen (secondary N) is 2. The monoisotopic (exact) mass is 212 g/mol. The highest BCUT2D eigenvalue weighted by molar-refractivity contribution is 7.08. The molecule has 1 atom stereocenters. The smallest absolute Gasteiger partial charge is 0.254 e. The quantitative estimate of drug-likeness (QED) is 0.757. The zero-order valence-electron chi connectivity index (χ0n) is 7.66. The van der Waals surface area contributed by atoms with Crippen LogP contribution in [0, 0.1) is 0 Å². The van der Waals surface area contributed by atoms with E-state index in [1.54, 1.807) is 11.3 Å². The SMILES string of the molecule is O=C(Nc1ccsc1)[C@@H]1CNCCO1. The molecule has 1 aromatic rings. The maximum Gasteiger partial charge on any atom is 0.254 e. The van der Waals surface area contributed by atoms with Crippen molar-refractivity contribution in [2.45, 2.75) is 6.10 Å². The molecule has 5 heteroatoms. The first-order chi connectivity index (χ1) is 6.86. The lowest BCUT2D eigenvalue weighted by Crippen LogP contribution is -2.45. The lowest BCUT2D eigenvalue weighted by molar-refractivity contribution is -0.128. The van der Waals surface area contributed by atoms with Gasteiger partial charge < -0.3 is 15.4 Å². The first kappa shape index (κ1) is 9.64. The van der Waals surface area contributed by atoms with E-state index in [2.05, 4.69) is 10.6 Å². The Bertz CT molecular complexity index is 294. The summed E-state index contributed by atoms with van der Waals surface area (Å²) in [7, 11) is 0. The minimum atomic E-state index is -0.358. The van der Waals surface area contributed by atoms with Gasteiger partial charge in [-0.1, -0.05) is 0 Å². The van der Waals surface area contributed by atoms with Crippen LogP contribution in [0.15, 0.2) is 16.8 Å². The molecule has 1 aliphatic heterocycles. The summed E-state index contributed by atoms with van der Waals surface area (Å²) in [6.07, 6.45) is -0.358. The second-order valence-corrected chi connectivity index (χ2v) is 3.84. The standard InChI is InChI=1S/C9H12N2O2S/c12-9(8-5-10-2-3-13-8)11-7-1-4-14-6-7/h1,4,6,8,10H,2-3,5H2,(H,11,12)/t8-/m0/s1. The summed E-state index contributed by atoms with van der Waals surface area (Å²) in [5.74, 6) is -0.0735. The van der Waals surface area contributed by atoms with Gasteiger partial charge in [0.1, 0.15) is 6.10 Å². The van der Waals surface area contributed by atoms with Crippen molar-refractivity contribution in [2.75, 3.05) is 25.0 Å². The van der Waals surface area contributed by atoms with Crippen LogP contribution < -0.4 is 10.6 Å².